The van der Waals surface area contributed by atoms with Crippen molar-refractivity contribution >= 4 is 16.9 Å². The maximum Gasteiger partial charge on any atom is 0.416 e. The van der Waals surface area contributed by atoms with Crippen molar-refractivity contribution in [1.82, 2.24) is 19.7 Å². The second kappa shape index (κ2) is 6.22. The molecule has 3 heterocycles. The molecule has 1 amide bonds. The fraction of sp³-hybridized carbons (Fsp3) is 0.211. The maximum absolute atomic E-state index is 12.8. The van der Waals surface area contributed by atoms with Crippen molar-refractivity contribution in [1.29, 1.82) is 0 Å². The highest BCUT2D eigenvalue weighted by Gasteiger charge is 2.33. The number of amides is 1. The van der Waals surface area contributed by atoms with E-state index in [0.717, 1.165) is 17.5 Å². The van der Waals surface area contributed by atoms with Gasteiger partial charge >= 0.3 is 6.18 Å². The molecule has 3 aromatic rings. The third kappa shape index (κ3) is 2.97. The molecule has 1 aliphatic rings. The van der Waals surface area contributed by atoms with Crippen LogP contribution in [-0.2, 0) is 11.0 Å². The number of likely N-dealkylation sites (tertiary alicyclic amines) is 1. The summed E-state index contributed by atoms with van der Waals surface area (Å²) in [6, 6.07) is 8.48. The minimum atomic E-state index is -4.38. The molecule has 27 heavy (non-hydrogen) atoms. The first-order chi connectivity index (χ1) is 12.9. The van der Waals surface area contributed by atoms with Crippen molar-refractivity contribution in [3.63, 3.8) is 0 Å². The van der Waals surface area contributed by atoms with Gasteiger partial charge in [0.05, 0.1) is 11.6 Å². The predicted molar refractivity (Wildman–Crippen MR) is 93.8 cm³/mol. The highest BCUT2D eigenvalue weighted by Crippen LogP contribution is 2.34. The van der Waals surface area contributed by atoms with E-state index in [0.29, 0.717) is 30.0 Å². The summed E-state index contributed by atoms with van der Waals surface area (Å²) < 4.78 is 40.1. The van der Waals surface area contributed by atoms with Crippen molar-refractivity contribution < 1.29 is 18.0 Å². The number of carbonyl (C=O) groups excluding carboxylic acids is 1. The van der Waals surface area contributed by atoms with Gasteiger partial charge in [-0.25, -0.2) is 9.67 Å². The van der Waals surface area contributed by atoms with Crippen LogP contribution in [0.5, 0.6) is 0 Å². The lowest BCUT2D eigenvalue weighted by Crippen LogP contribution is -2.50. The lowest BCUT2D eigenvalue weighted by molar-refractivity contribution is -0.137. The van der Waals surface area contributed by atoms with Gasteiger partial charge in [-0.1, -0.05) is 18.7 Å². The fourth-order valence-electron chi connectivity index (χ4n) is 3.18. The lowest BCUT2D eigenvalue weighted by atomic mass is 10.1. The van der Waals surface area contributed by atoms with Crippen LogP contribution >= 0.6 is 0 Å². The number of hydrogen-bond acceptors (Lipinski definition) is 3. The van der Waals surface area contributed by atoms with Gasteiger partial charge in [0.1, 0.15) is 5.69 Å². The summed E-state index contributed by atoms with van der Waals surface area (Å²) in [7, 11) is 0. The van der Waals surface area contributed by atoms with E-state index in [1.807, 2.05) is 6.07 Å². The first kappa shape index (κ1) is 17.3. The van der Waals surface area contributed by atoms with Crippen molar-refractivity contribution in [2.75, 3.05) is 13.1 Å². The van der Waals surface area contributed by atoms with Gasteiger partial charge in [0.2, 0.25) is 5.91 Å². The molecular formula is C19H15F3N4O. The van der Waals surface area contributed by atoms with E-state index in [9.17, 15) is 18.0 Å². The van der Waals surface area contributed by atoms with Crippen LogP contribution in [0.25, 0.3) is 22.3 Å². The molecule has 8 heteroatoms. The van der Waals surface area contributed by atoms with E-state index in [4.69, 9.17) is 0 Å². The average molecular weight is 372 g/mol. The number of fused-ring (bicyclic) bond motifs is 1. The molecule has 2 aromatic heterocycles. The zero-order chi connectivity index (χ0) is 19.2. The Morgan fingerprint density at radius 1 is 1.19 bits per heavy atom. The Bertz CT molecular complexity index is 1020. The summed E-state index contributed by atoms with van der Waals surface area (Å²) in [4.78, 5) is 17.7. The van der Waals surface area contributed by atoms with Gasteiger partial charge in [-0.2, -0.15) is 18.3 Å². The zero-order valence-corrected chi connectivity index (χ0v) is 14.1. The standard InChI is InChI=1S/C19H15F3N4O/c1-2-16(27)25-10-14(11-25)26-18-15(4-3-9-23-18)17(24-26)12-5-7-13(8-6-12)19(20,21)22/h2-9,14H,1,10-11H2. The van der Waals surface area contributed by atoms with E-state index in [1.165, 1.54) is 18.2 Å². The predicted octanol–water partition coefficient (Wildman–Crippen LogP) is 3.69. The van der Waals surface area contributed by atoms with Crippen LogP contribution in [0.3, 0.4) is 0 Å². The molecule has 1 aromatic carbocycles. The molecule has 0 radical (unpaired) electrons. The van der Waals surface area contributed by atoms with Gasteiger partial charge in [0.25, 0.3) is 0 Å². The van der Waals surface area contributed by atoms with Crippen LogP contribution in [-0.4, -0.2) is 38.7 Å². The van der Waals surface area contributed by atoms with Crippen LogP contribution < -0.4 is 0 Å². The summed E-state index contributed by atoms with van der Waals surface area (Å²) in [5.41, 5.74) is 1.09. The first-order valence-electron chi connectivity index (χ1n) is 8.30. The molecule has 138 valence electrons. The number of rotatable bonds is 3. The lowest BCUT2D eigenvalue weighted by Gasteiger charge is -2.38. The molecule has 0 N–H and O–H groups in total. The van der Waals surface area contributed by atoms with Crippen LogP contribution in [0.4, 0.5) is 13.2 Å². The van der Waals surface area contributed by atoms with Gasteiger partial charge in [0, 0.05) is 30.2 Å². The van der Waals surface area contributed by atoms with Crippen LogP contribution in [0.2, 0.25) is 0 Å². The number of alkyl halides is 3. The number of benzene rings is 1. The van der Waals surface area contributed by atoms with E-state index in [-0.39, 0.29) is 11.9 Å². The molecule has 1 fully saturated rings. The van der Waals surface area contributed by atoms with E-state index in [2.05, 4.69) is 16.7 Å². The summed E-state index contributed by atoms with van der Waals surface area (Å²) in [6.07, 6.45) is -1.47. The van der Waals surface area contributed by atoms with Crippen molar-refractivity contribution in [2.24, 2.45) is 0 Å². The normalized spacial score (nSPS) is 15.0. The monoisotopic (exact) mass is 372 g/mol. The van der Waals surface area contributed by atoms with Gasteiger partial charge in [-0.3, -0.25) is 4.79 Å². The zero-order valence-electron chi connectivity index (χ0n) is 14.1. The number of hydrogen-bond donors (Lipinski definition) is 0. The number of nitrogens with zero attached hydrogens (tertiary/aromatic N) is 4. The Morgan fingerprint density at radius 3 is 2.52 bits per heavy atom. The van der Waals surface area contributed by atoms with Gasteiger partial charge in [0.15, 0.2) is 5.65 Å². The molecule has 0 unspecified atom stereocenters. The molecule has 1 aliphatic heterocycles. The largest absolute Gasteiger partial charge is 0.416 e. The number of carbonyl (C=O) groups is 1. The Labute approximate surface area is 152 Å². The molecule has 1 saturated heterocycles. The number of halogens is 3. The van der Waals surface area contributed by atoms with E-state index in [1.54, 1.807) is 21.8 Å². The Kier molecular flexibility index (Phi) is 3.98. The highest BCUT2D eigenvalue weighted by molar-refractivity contribution is 5.91. The molecule has 0 atom stereocenters. The van der Waals surface area contributed by atoms with Crippen molar-refractivity contribution in [3.8, 4) is 11.3 Å². The quantitative estimate of drug-likeness (QED) is 0.659. The molecule has 0 spiro atoms. The van der Waals surface area contributed by atoms with Crippen LogP contribution in [0.15, 0.2) is 55.3 Å². The number of aromatic nitrogens is 3. The SMILES string of the molecule is C=CC(=O)N1CC(n2nc(-c3ccc(C(F)(F)F)cc3)c3cccnc32)C1. The maximum atomic E-state index is 12.8. The molecule has 0 saturated carbocycles. The van der Waals surface area contributed by atoms with Crippen molar-refractivity contribution in [2.45, 2.75) is 12.2 Å². The third-order valence-corrected chi connectivity index (χ3v) is 4.65. The average Bonchev–Trinajstić information content (AvgIpc) is 2.99. The van der Waals surface area contributed by atoms with E-state index < -0.39 is 11.7 Å². The second-order valence-corrected chi connectivity index (χ2v) is 6.34. The summed E-state index contributed by atoms with van der Waals surface area (Å²) in [5, 5.41) is 5.36. The summed E-state index contributed by atoms with van der Waals surface area (Å²) in [6.45, 7) is 4.45. The van der Waals surface area contributed by atoms with Gasteiger partial charge in [-0.05, 0) is 30.3 Å². The highest BCUT2D eigenvalue weighted by atomic mass is 19.4. The molecule has 4 rings (SSSR count). The van der Waals surface area contributed by atoms with Crippen molar-refractivity contribution in [3.05, 3.63) is 60.8 Å². The number of pyridine rings is 1. The van der Waals surface area contributed by atoms with Crippen LogP contribution in [0.1, 0.15) is 11.6 Å². The smallest absolute Gasteiger partial charge is 0.335 e. The van der Waals surface area contributed by atoms with Gasteiger partial charge in [-0.15, -0.1) is 0 Å². The topological polar surface area (TPSA) is 51.0 Å². The molecular weight excluding hydrogens is 357 g/mol. The summed E-state index contributed by atoms with van der Waals surface area (Å²) in [5.74, 6) is -0.140. The minimum Gasteiger partial charge on any atom is -0.335 e. The molecule has 0 aliphatic carbocycles. The summed E-state index contributed by atoms with van der Waals surface area (Å²) >= 11 is 0. The molecule has 5 nitrogen and oxygen atoms in total. The fourth-order valence-corrected chi connectivity index (χ4v) is 3.18. The Morgan fingerprint density at radius 2 is 1.89 bits per heavy atom. The van der Waals surface area contributed by atoms with Crippen LogP contribution in [0, 0.1) is 0 Å². The van der Waals surface area contributed by atoms with Gasteiger partial charge < -0.3 is 4.90 Å². The van der Waals surface area contributed by atoms with E-state index >= 15 is 0 Å². The first-order valence-corrected chi connectivity index (χ1v) is 8.30. The third-order valence-electron chi connectivity index (χ3n) is 4.65. The Balaban J connectivity index is 1.71. The minimum absolute atomic E-state index is 0.0329. The Hall–Kier alpha value is -3.16. The second-order valence-electron chi connectivity index (χ2n) is 6.34. The molecule has 0 bridgehead atoms.